The van der Waals surface area contributed by atoms with E-state index in [4.69, 9.17) is 0 Å². The molecule has 2 nitrogen and oxygen atoms in total. The normalized spacial score (nSPS) is 34.5. The highest BCUT2D eigenvalue weighted by Gasteiger charge is 2.50. The molecule has 2 aliphatic rings. The molecule has 2 fully saturated rings. The molecular weight excluding hydrogens is 210 g/mol. The molecule has 2 bridgehead atoms. The molecule has 0 N–H and O–H groups in total. The van der Waals surface area contributed by atoms with Crippen LogP contribution in [-0.4, -0.2) is 5.78 Å². The molecular formula is C15H15NO. The number of carbonyl (C=O) groups excluding carboxylic acids is 1. The van der Waals surface area contributed by atoms with Crippen LogP contribution >= 0.6 is 0 Å². The average Bonchev–Trinajstić information content (AvgIpc) is 2.98. The molecule has 1 aromatic rings. The predicted molar refractivity (Wildman–Crippen MR) is 64.2 cm³/mol. The number of hydrogen-bond acceptors (Lipinski definition) is 2. The monoisotopic (exact) mass is 225 g/mol. The van der Waals surface area contributed by atoms with Gasteiger partial charge in [0.2, 0.25) is 0 Å². The molecule has 3 rings (SSSR count). The minimum atomic E-state index is -0.0406. The lowest BCUT2D eigenvalue weighted by Gasteiger charge is -2.25. The van der Waals surface area contributed by atoms with Crippen molar-refractivity contribution in [3.63, 3.8) is 0 Å². The molecule has 0 saturated heterocycles. The van der Waals surface area contributed by atoms with E-state index in [1.54, 1.807) is 0 Å². The van der Waals surface area contributed by atoms with E-state index in [0.717, 1.165) is 24.8 Å². The Morgan fingerprint density at radius 2 is 1.88 bits per heavy atom. The van der Waals surface area contributed by atoms with Crippen molar-refractivity contribution in [2.75, 3.05) is 0 Å². The highest BCUT2D eigenvalue weighted by atomic mass is 16.1. The van der Waals surface area contributed by atoms with Gasteiger partial charge in [-0.25, -0.2) is 0 Å². The maximum Gasteiger partial charge on any atom is 0.167 e. The van der Waals surface area contributed by atoms with E-state index in [2.05, 4.69) is 6.07 Å². The molecule has 0 heterocycles. The van der Waals surface area contributed by atoms with E-state index in [0.29, 0.717) is 11.8 Å². The second-order valence-electron chi connectivity index (χ2n) is 5.24. The zero-order chi connectivity index (χ0) is 11.8. The second kappa shape index (κ2) is 4.00. The summed E-state index contributed by atoms with van der Waals surface area (Å²) in [5, 5.41) is 9.25. The van der Waals surface area contributed by atoms with Gasteiger partial charge in [0.05, 0.1) is 12.0 Å². The third-order valence-electron chi connectivity index (χ3n) is 4.43. The van der Waals surface area contributed by atoms with E-state index in [1.807, 2.05) is 30.3 Å². The van der Waals surface area contributed by atoms with Crippen molar-refractivity contribution in [1.82, 2.24) is 0 Å². The third kappa shape index (κ3) is 1.58. The van der Waals surface area contributed by atoms with E-state index in [1.165, 1.54) is 0 Å². The first-order valence-electron chi connectivity index (χ1n) is 6.30. The Hall–Kier alpha value is -1.62. The summed E-state index contributed by atoms with van der Waals surface area (Å²) in [4.78, 5) is 12.5. The molecule has 4 atom stereocenters. The molecule has 0 unspecified atom stereocenters. The molecule has 2 saturated carbocycles. The van der Waals surface area contributed by atoms with Crippen LogP contribution in [-0.2, 0) is 0 Å². The second-order valence-corrected chi connectivity index (χ2v) is 5.24. The van der Waals surface area contributed by atoms with Crippen LogP contribution in [0.5, 0.6) is 0 Å². The Labute approximate surface area is 101 Å². The van der Waals surface area contributed by atoms with Gasteiger partial charge < -0.3 is 0 Å². The largest absolute Gasteiger partial charge is 0.294 e. The number of carbonyl (C=O) groups is 1. The van der Waals surface area contributed by atoms with Gasteiger partial charge in [-0.2, -0.15) is 5.26 Å². The Bertz CT molecular complexity index is 473. The fourth-order valence-electron chi connectivity index (χ4n) is 3.65. The van der Waals surface area contributed by atoms with Gasteiger partial charge in [0.1, 0.15) is 0 Å². The molecule has 0 aromatic heterocycles. The summed E-state index contributed by atoms with van der Waals surface area (Å²) >= 11 is 0. The number of fused-ring (bicyclic) bond motifs is 2. The van der Waals surface area contributed by atoms with Crippen molar-refractivity contribution in [2.45, 2.75) is 19.3 Å². The van der Waals surface area contributed by atoms with Crippen molar-refractivity contribution >= 4 is 5.78 Å². The standard InChI is InChI=1S/C15H15NO/c16-9-13-11-6-7-12(8-11)14(13)15(17)10-4-2-1-3-5-10/h1-5,11-14H,6-8H2/t11-,12+,13-,14+/m0/s1. The zero-order valence-corrected chi connectivity index (χ0v) is 9.67. The van der Waals surface area contributed by atoms with Crippen LogP contribution in [0, 0.1) is 35.0 Å². The molecule has 2 heteroatoms. The van der Waals surface area contributed by atoms with Crippen molar-refractivity contribution in [1.29, 1.82) is 5.26 Å². The fourth-order valence-corrected chi connectivity index (χ4v) is 3.65. The summed E-state index contributed by atoms with van der Waals surface area (Å²) < 4.78 is 0. The Kier molecular flexibility index (Phi) is 2.48. The number of hydrogen-bond donors (Lipinski definition) is 0. The lowest BCUT2D eigenvalue weighted by Crippen LogP contribution is -2.28. The van der Waals surface area contributed by atoms with E-state index in [-0.39, 0.29) is 17.6 Å². The lowest BCUT2D eigenvalue weighted by molar-refractivity contribution is 0.0842. The molecule has 17 heavy (non-hydrogen) atoms. The maximum absolute atomic E-state index is 12.5. The van der Waals surface area contributed by atoms with Crippen LogP contribution in [0.15, 0.2) is 30.3 Å². The SMILES string of the molecule is N#C[C@H]1[C@H]2CC[C@H](C2)[C@H]1C(=O)c1ccccc1. The summed E-state index contributed by atoms with van der Waals surface area (Å²) in [6.07, 6.45) is 3.36. The van der Waals surface area contributed by atoms with E-state index < -0.39 is 0 Å². The van der Waals surface area contributed by atoms with Crippen LogP contribution in [0.1, 0.15) is 29.6 Å². The Morgan fingerprint density at radius 3 is 2.59 bits per heavy atom. The average molecular weight is 225 g/mol. The first-order chi connectivity index (χ1) is 8.31. The van der Waals surface area contributed by atoms with Gasteiger partial charge in [-0.1, -0.05) is 30.3 Å². The van der Waals surface area contributed by atoms with Crippen molar-refractivity contribution < 1.29 is 4.79 Å². The van der Waals surface area contributed by atoms with Gasteiger partial charge in [0.25, 0.3) is 0 Å². The number of ketones is 1. The van der Waals surface area contributed by atoms with Gasteiger partial charge in [-0.15, -0.1) is 0 Å². The van der Waals surface area contributed by atoms with Gasteiger partial charge in [0, 0.05) is 11.5 Å². The molecule has 86 valence electrons. The van der Waals surface area contributed by atoms with Crippen molar-refractivity contribution in [3.8, 4) is 6.07 Å². The van der Waals surface area contributed by atoms with Gasteiger partial charge in [0.15, 0.2) is 5.78 Å². The van der Waals surface area contributed by atoms with Gasteiger partial charge in [-0.05, 0) is 31.1 Å². The molecule has 0 aliphatic heterocycles. The fraction of sp³-hybridized carbons (Fsp3) is 0.467. The molecule has 2 aliphatic carbocycles. The molecule has 0 radical (unpaired) electrons. The van der Waals surface area contributed by atoms with Crippen LogP contribution in [0.25, 0.3) is 0 Å². The first kappa shape index (κ1) is 10.5. The minimum absolute atomic E-state index is 0.0403. The number of benzene rings is 1. The van der Waals surface area contributed by atoms with Crippen LogP contribution in [0.3, 0.4) is 0 Å². The van der Waals surface area contributed by atoms with Crippen LogP contribution in [0.2, 0.25) is 0 Å². The summed E-state index contributed by atoms with van der Waals surface area (Å²) in [5.41, 5.74) is 0.769. The third-order valence-corrected chi connectivity index (χ3v) is 4.43. The number of Topliss-reactive ketones (excluding diaryl/α,β-unsaturated/α-hetero) is 1. The Balaban J connectivity index is 1.90. The summed E-state index contributed by atoms with van der Waals surface area (Å²) in [7, 11) is 0. The highest BCUT2D eigenvalue weighted by molar-refractivity contribution is 5.98. The summed E-state index contributed by atoms with van der Waals surface area (Å²) in [6.45, 7) is 0. The highest BCUT2D eigenvalue weighted by Crippen LogP contribution is 2.52. The molecule has 1 aromatic carbocycles. The topological polar surface area (TPSA) is 40.9 Å². The van der Waals surface area contributed by atoms with Crippen LogP contribution in [0.4, 0.5) is 0 Å². The zero-order valence-electron chi connectivity index (χ0n) is 9.67. The number of nitrogens with zero attached hydrogens (tertiary/aromatic N) is 1. The molecule has 0 spiro atoms. The van der Waals surface area contributed by atoms with Gasteiger partial charge in [-0.3, -0.25) is 4.79 Å². The molecule has 0 amide bonds. The van der Waals surface area contributed by atoms with Crippen molar-refractivity contribution in [2.24, 2.45) is 23.7 Å². The van der Waals surface area contributed by atoms with Gasteiger partial charge >= 0.3 is 0 Å². The van der Waals surface area contributed by atoms with E-state index in [9.17, 15) is 10.1 Å². The number of rotatable bonds is 2. The smallest absolute Gasteiger partial charge is 0.167 e. The summed E-state index contributed by atoms with van der Waals surface area (Å²) in [6, 6.07) is 11.8. The maximum atomic E-state index is 12.5. The predicted octanol–water partition coefficient (Wildman–Crippen LogP) is 3.06. The summed E-state index contributed by atoms with van der Waals surface area (Å²) in [5.74, 6) is 1.03. The lowest BCUT2D eigenvalue weighted by atomic mass is 9.76. The minimum Gasteiger partial charge on any atom is -0.294 e. The van der Waals surface area contributed by atoms with Crippen LogP contribution < -0.4 is 0 Å². The van der Waals surface area contributed by atoms with Crippen molar-refractivity contribution in [3.05, 3.63) is 35.9 Å². The first-order valence-corrected chi connectivity index (χ1v) is 6.30. The Morgan fingerprint density at radius 1 is 1.18 bits per heavy atom. The quantitative estimate of drug-likeness (QED) is 0.726. The number of nitriles is 1. The van der Waals surface area contributed by atoms with E-state index >= 15 is 0 Å².